The fourth-order valence-electron chi connectivity index (χ4n) is 1.44. The molecular formula is C11H12N4O3. The number of hydrogen-bond donors (Lipinski definition) is 3. The number of ether oxygens (including phenoxy) is 1. The van der Waals surface area contributed by atoms with Crippen molar-refractivity contribution in [3.05, 3.63) is 29.3 Å². The number of phenols is 1. The van der Waals surface area contributed by atoms with Gasteiger partial charge in [0.05, 0.1) is 7.11 Å². The van der Waals surface area contributed by atoms with Crippen molar-refractivity contribution in [3.63, 3.8) is 0 Å². The van der Waals surface area contributed by atoms with E-state index in [-0.39, 0.29) is 23.6 Å². The van der Waals surface area contributed by atoms with E-state index in [4.69, 9.17) is 4.74 Å². The first-order valence-corrected chi connectivity index (χ1v) is 5.18. The highest BCUT2D eigenvalue weighted by Crippen LogP contribution is 2.20. The van der Waals surface area contributed by atoms with Crippen LogP contribution in [-0.2, 0) is 0 Å². The third-order valence-electron chi connectivity index (χ3n) is 2.43. The molecule has 2 rings (SSSR count). The minimum atomic E-state index is -0.387. The van der Waals surface area contributed by atoms with Crippen LogP contribution < -0.4 is 10.1 Å². The summed E-state index contributed by atoms with van der Waals surface area (Å²) in [5.74, 6) is -0.139. The summed E-state index contributed by atoms with van der Waals surface area (Å²) in [4.78, 5) is 15.8. The maximum atomic E-state index is 11.9. The first-order chi connectivity index (χ1) is 8.61. The van der Waals surface area contributed by atoms with Gasteiger partial charge in [-0.1, -0.05) is 6.07 Å². The second-order valence-electron chi connectivity index (χ2n) is 3.57. The molecule has 0 bridgehead atoms. The molecule has 1 heterocycles. The summed E-state index contributed by atoms with van der Waals surface area (Å²) in [6, 6.07) is 4.86. The molecule has 1 amide bonds. The van der Waals surface area contributed by atoms with Crippen LogP contribution in [-0.4, -0.2) is 33.3 Å². The Morgan fingerprint density at radius 2 is 2.28 bits per heavy atom. The average Bonchev–Trinajstić information content (AvgIpc) is 2.80. The number of hydrogen-bond acceptors (Lipinski definition) is 5. The van der Waals surface area contributed by atoms with E-state index in [2.05, 4.69) is 20.5 Å². The number of carbonyl (C=O) groups excluding carboxylic acids is 1. The van der Waals surface area contributed by atoms with E-state index in [0.29, 0.717) is 11.1 Å². The van der Waals surface area contributed by atoms with Gasteiger partial charge in [-0.2, -0.15) is 4.98 Å². The Morgan fingerprint density at radius 3 is 2.94 bits per heavy atom. The number of aromatic nitrogens is 3. The Morgan fingerprint density at radius 1 is 1.50 bits per heavy atom. The van der Waals surface area contributed by atoms with Gasteiger partial charge in [-0.3, -0.25) is 10.1 Å². The first-order valence-electron chi connectivity index (χ1n) is 5.18. The second kappa shape index (κ2) is 4.74. The monoisotopic (exact) mass is 248 g/mol. The van der Waals surface area contributed by atoms with Crippen LogP contribution >= 0.6 is 0 Å². The maximum absolute atomic E-state index is 11.9. The molecule has 94 valence electrons. The molecule has 3 N–H and O–H groups in total. The van der Waals surface area contributed by atoms with Crippen molar-refractivity contribution in [1.82, 2.24) is 15.2 Å². The number of methoxy groups -OCH3 is 1. The third kappa shape index (κ3) is 2.24. The van der Waals surface area contributed by atoms with Gasteiger partial charge in [-0.15, -0.1) is 5.10 Å². The van der Waals surface area contributed by atoms with Crippen molar-refractivity contribution < 1.29 is 14.6 Å². The Bertz CT molecular complexity index is 579. The van der Waals surface area contributed by atoms with E-state index >= 15 is 0 Å². The van der Waals surface area contributed by atoms with Gasteiger partial charge < -0.3 is 9.84 Å². The molecule has 0 aliphatic rings. The molecule has 0 fully saturated rings. The lowest BCUT2D eigenvalue weighted by atomic mass is 10.1. The predicted octanol–water partition coefficient (Wildman–Crippen LogP) is 1.08. The van der Waals surface area contributed by atoms with Gasteiger partial charge >= 0.3 is 6.01 Å². The molecule has 0 saturated heterocycles. The van der Waals surface area contributed by atoms with Gasteiger partial charge in [0.15, 0.2) is 0 Å². The highest BCUT2D eigenvalue weighted by molar-refractivity contribution is 6.04. The third-order valence-corrected chi connectivity index (χ3v) is 2.43. The minimum absolute atomic E-state index is 0.0674. The van der Waals surface area contributed by atoms with Crippen LogP contribution in [0.3, 0.4) is 0 Å². The Hall–Kier alpha value is -2.57. The highest BCUT2D eigenvalue weighted by atomic mass is 16.5. The summed E-state index contributed by atoms with van der Waals surface area (Å²) in [5, 5.41) is 18.3. The fraction of sp³-hybridized carbons (Fsp3) is 0.182. The summed E-state index contributed by atoms with van der Waals surface area (Å²) >= 11 is 0. The first kappa shape index (κ1) is 11.9. The standard InChI is InChI=1S/C11H12N4O3/c1-6-7(4-3-5-8(6)16)9(17)12-10-13-11(18-2)15-14-10/h3-5,16H,1-2H3,(H2,12,13,14,15,17). The fourth-order valence-corrected chi connectivity index (χ4v) is 1.44. The molecule has 0 aliphatic carbocycles. The zero-order chi connectivity index (χ0) is 13.1. The largest absolute Gasteiger partial charge is 0.508 e. The summed E-state index contributed by atoms with van der Waals surface area (Å²) in [5.41, 5.74) is 0.867. The van der Waals surface area contributed by atoms with Gasteiger partial charge in [-0.05, 0) is 19.1 Å². The number of benzene rings is 1. The molecule has 0 unspecified atom stereocenters. The Labute approximate surface area is 103 Å². The molecule has 0 atom stereocenters. The number of phenolic OH excluding ortho intramolecular Hbond substituents is 1. The number of nitrogens with one attached hydrogen (secondary N) is 2. The van der Waals surface area contributed by atoms with Crippen LogP contribution in [0.5, 0.6) is 11.8 Å². The topological polar surface area (TPSA) is 100 Å². The number of nitrogens with zero attached hydrogens (tertiary/aromatic N) is 2. The molecule has 0 spiro atoms. The van der Waals surface area contributed by atoms with Gasteiger partial charge in [0.2, 0.25) is 5.95 Å². The quantitative estimate of drug-likeness (QED) is 0.754. The Kier molecular flexibility index (Phi) is 3.13. The van der Waals surface area contributed by atoms with Crippen LogP contribution in [0.15, 0.2) is 18.2 Å². The van der Waals surface area contributed by atoms with E-state index < -0.39 is 0 Å². The maximum Gasteiger partial charge on any atom is 0.336 e. The number of aromatic amines is 1. The number of anilines is 1. The highest BCUT2D eigenvalue weighted by Gasteiger charge is 2.13. The van der Waals surface area contributed by atoms with Gasteiger partial charge in [0, 0.05) is 11.1 Å². The molecule has 1 aromatic carbocycles. The summed E-state index contributed by atoms with van der Waals surface area (Å²) < 4.78 is 4.78. The number of carbonyl (C=O) groups is 1. The summed E-state index contributed by atoms with van der Waals surface area (Å²) in [6.07, 6.45) is 0. The van der Waals surface area contributed by atoms with Crippen molar-refractivity contribution in [2.75, 3.05) is 12.4 Å². The van der Waals surface area contributed by atoms with E-state index in [9.17, 15) is 9.90 Å². The van der Waals surface area contributed by atoms with E-state index in [1.165, 1.54) is 13.2 Å². The van der Waals surface area contributed by atoms with Crippen LogP contribution in [0.25, 0.3) is 0 Å². The summed E-state index contributed by atoms with van der Waals surface area (Å²) in [7, 11) is 1.42. The van der Waals surface area contributed by atoms with Crippen molar-refractivity contribution in [2.24, 2.45) is 0 Å². The van der Waals surface area contributed by atoms with Gasteiger partial charge in [-0.25, -0.2) is 5.10 Å². The van der Waals surface area contributed by atoms with Crippen LogP contribution in [0.1, 0.15) is 15.9 Å². The molecule has 2 aromatic rings. The predicted molar refractivity (Wildman–Crippen MR) is 63.7 cm³/mol. The van der Waals surface area contributed by atoms with Crippen molar-refractivity contribution >= 4 is 11.9 Å². The van der Waals surface area contributed by atoms with E-state index in [1.54, 1.807) is 19.1 Å². The normalized spacial score (nSPS) is 10.1. The van der Waals surface area contributed by atoms with Crippen molar-refractivity contribution in [2.45, 2.75) is 6.92 Å². The molecule has 0 radical (unpaired) electrons. The number of amides is 1. The SMILES string of the molecule is COc1n[nH]c(NC(=O)c2cccc(O)c2C)n1. The van der Waals surface area contributed by atoms with Gasteiger partial charge in [0.25, 0.3) is 5.91 Å². The van der Waals surface area contributed by atoms with Gasteiger partial charge in [0.1, 0.15) is 5.75 Å². The van der Waals surface area contributed by atoms with E-state index in [0.717, 1.165) is 0 Å². The molecule has 0 aliphatic heterocycles. The number of aromatic hydroxyl groups is 1. The number of H-pyrrole nitrogens is 1. The molecule has 18 heavy (non-hydrogen) atoms. The molecule has 0 saturated carbocycles. The molecule has 1 aromatic heterocycles. The minimum Gasteiger partial charge on any atom is -0.508 e. The Balaban J connectivity index is 2.19. The number of rotatable bonds is 3. The lowest BCUT2D eigenvalue weighted by molar-refractivity contribution is 0.102. The molecule has 7 heteroatoms. The van der Waals surface area contributed by atoms with Crippen molar-refractivity contribution in [3.8, 4) is 11.8 Å². The molecular weight excluding hydrogens is 236 g/mol. The zero-order valence-corrected chi connectivity index (χ0v) is 9.89. The van der Waals surface area contributed by atoms with Crippen molar-refractivity contribution in [1.29, 1.82) is 0 Å². The zero-order valence-electron chi connectivity index (χ0n) is 9.89. The van der Waals surface area contributed by atoms with Crippen LogP contribution in [0.2, 0.25) is 0 Å². The smallest absolute Gasteiger partial charge is 0.336 e. The second-order valence-corrected chi connectivity index (χ2v) is 3.57. The van der Waals surface area contributed by atoms with Crippen LogP contribution in [0, 0.1) is 6.92 Å². The molecule has 7 nitrogen and oxygen atoms in total. The lowest BCUT2D eigenvalue weighted by Gasteiger charge is -2.06. The van der Waals surface area contributed by atoms with Crippen LogP contribution in [0.4, 0.5) is 5.95 Å². The van der Waals surface area contributed by atoms with E-state index in [1.807, 2.05) is 0 Å². The summed E-state index contributed by atoms with van der Waals surface area (Å²) in [6.45, 7) is 1.66. The lowest BCUT2D eigenvalue weighted by Crippen LogP contribution is -2.14. The average molecular weight is 248 g/mol.